The highest BCUT2D eigenvalue weighted by Crippen LogP contribution is 2.42. The number of nitrogens with one attached hydrogen (secondary N) is 1. The minimum Gasteiger partial charge on any atom is -0.488 e. The predicted molar refractivity (Wildman–Crippen MR) is 96.2 cm³/mol. The number of carbonyl (C=O) groups excluding carboxylic acids is 1. The number of nitrogens with zero attached hydrogens (tertiary/aromatic N) is 1. The Bertz CT molecular complexity index is 936. The van der Waals surface area contributed by atoms with Gasteiger partial charge in [-0.05, 0) is 37.5 Å². The molecule has 0 unspecified atom stereocenters. The monoisotopic (exact) mass is 354 g/mol. The van der Waals surface area contributed by atoms with E-state index in [9.17, 15) is 4.79 Å². The number of ether oxygens (including phenoxy) is 1. The Morgan fingerprint density at radius 3 is 3.04 bits per heavy atom. The molecule has 1 N–H and O–H groups in total. The molecule has 2 aliphatic rings. The number of hydrogen-bond acceptors (Lipinski definition) is 5. The summed E-state index contributed by atoms with van der Waals surface area (Å²) in [5.74, 6) is 0.800. The van der Waals surface area contributed by atoms with Gasteiger partial charge in [0.25, 0.3) is 5.91 Å². The standard InChI is InChI=1S/C18H14N2O2S2/c21-17(20-18-19-12-5-3-7-14(12)24-18)15-8-10-9-22-13-6-2-1-4-11(13)16(10)23-15/h1-2,4,6,8H,3,5,7,9H2,(H,19,20,21). The van der Waals surface area contributed by atoms with Gasteiger partial charge >= 0.3 is 0 Å². The van der Waals surface area contributed by atoms with Crippen LogP contribution < -0.4 is 10.1 Å². The summed E-state index contributed by atoms with van der Waals surface area (Å²) < 4.78 is 5.77. The van der Waals surface area contributed by atoms with Crippen LogP contribution in [0.5, 0.6) is 5.75 Å². The van der Waals surface area contributed by atoms with Crippen LogP contribution in [0.1, 0.15) is 32.2 Å². The molecule has 2 aromatic heterocycles. The van der Waals surface area contributed by atoms with Crippen molar-refractivity contribution in [1.82, 2.24) is 4.98 Å². The van der Waals surface area contributed by atoms with Crippen molar-refractivity contribution >= 4 is 33.7 Å². The Kier molecular flexibility index (Phi) is 3.21. The molecule has 5 rings (SSSR count). The first kappa shape index (κ1) is 14.2. The van der Waals surface area contributed by atoms with E-state index in [-0.39, 0.29) is 5.91 Å². The molecule has 0 saturated carbocycles. The van der Waals surface area contributed by atoms with Gasteiger partial charge in [-0.25, -0.2) is 4.98 Å². The largest absolute Gasteiger partial charge is 0.488 e. The summed E-state index contributed by atoms with van der Waals surface area (Å²) in [6, 6.07) is 9.90. The summed E-state index contributed by atoms with van der Waals surface area (Å²) in [5, 5.41) is 3.67. The maximum atomic E-state index is 12.6. The van der Waals surface area contributed by atoms with Crippen molar-refractivity contribution < 1.29 is 9.53 Å². The van der Waals surface area contributed by atoms with Crippen LogP contribution in [0, 0.1) is 0 Å². The minimum atomic E-state index is -0.0840. The lowest BCUT2D eigenvalue weighted by atomic mass is 10.1. The molecule has 1 aliphatic carbocycles. The van der Waals surface area contributed by atoms with Crippen LogP contribution in [0.15, 0.2) is 30.3 Å². The number of aromatic nitrogens is 1. The van der Waals surface area contributed by atoms with E-state index in [0.717, 1.165) is 40.3 Å². The average molecular weight is 354 g/mol. The number of hydrogen-bond donors (Lipinski definition) is 1. The maximum absolute atomic E-state index is 12.6. The van der Waals surface area contributed by atoms with Gasteiger partial charge in [-0.2, -0.15) is 0 Å². The summed E-state index contributed by atoms with van der Waals surface area (Å²) >= 11 is 3.13. The van der Waals surface area contributed by atoms with Crippen LogP contribution in [-0.4, -0.2) is 10.9 Å². The lowest BCUT2D eigenvalue weighted by Gasteiger charge is -2.16. The number of benzene rings is 1. The van der Waals surface area contributed by atoms with E-state index in [0.29, 0.717) is 16.6 Å². The Hall–Kier alpha value is -2.18. The van der Waals surface area contributed by atoms with E-state index in [1.807, 2.05) is 30.3 Å². The number of amides is 1. The zero-order chi connectivity index (χ0) is 16.1. The molecule has 1 aromatic carbocycles. The van der Waals surface area contributed by atoms with E-state index >= 15 is 0 Å². The van der Waals surface area contributed by atoms with Crippen LogP contribution in [0.3, 0.4) is 0 Å². The fourth-order valence-electron chi connectivity index (χ4n) is 3.21. The summed E-state index contributed by atoms with van der Waals surface area (Å²) in [5.41, 5.74) is 3.30. The quantitative estimate of drug-likeness (QED) is 0.737. The van der Waals surface area contributed by atoms with Crippen LogP contribution >= 0.6 is 22.7 Å². The van der Waals surface area contributed by atoms with E-state index in [1.54, 1.807) is 11.3 Å². The highest BCUT2D eigenvalue weighted by atomic mass is 32.1. The second kappa shape index (κ2) is 5.43. The third-order valence-corrected chi connectivity index (χ3v) is 6.65. The summed E-state index contributed by atoms with van der Waals surface area (Å²) in [6.45, 7) is 0.516. The fraction of sp³-hybridized carbons (Fsp3) is 0.222. The van der Waals surface area contributed by atoms with Crippen molar-refractivity contribution in [2.24, 2.45) is 0 Å². The maximum Gasteiger partial charge on any atom is 0.267 e. The normalized spacial score (nSPS) is 14.5. The number of aryl methyl sites for hydroxylation is 2. The Morgan fingerprint density at radius 1 is 1.21 bits per heavy atom. The number of anilines is 1. The van der Waals surface area contributed by atoms with Crippen molar-refractivity contribution in [3.05, 3.63) is 51.3 Å². The number of thiazole rings is 1. The first-order chi connectivity index (χ1) is 11.8. The van der Waals surface area contributed by atoms with E-state index in [2.05, 4.69) is 10.3 Å². The summed E-state index contributed by atoms with van der Waals surface area (Å²) in [4.78, 5) is 20.3. The van der Waals surface area contributed by atoms with Crippen LogP contribution in [0.2, 0.25) is 0 Å². The van der Waals surface area contributed by atoms with Crippen molar-refractivity contribution in [3.63, 3.8) is 0 Å². The van der Waals surface area contributed by atoms with Gasteiger partial charge in [-0.3, -0.25) is 10.1 Å². The molecule has 0 fully saturated rings. The van der Waals surface area contributed by atoms with Gasteiger partial charge in [0, 0.05) is 20.9 Å². The van der Waals surface area contributed by atoms with Gasteiger partial charge in [0.15, 0.2) is 5.13 Å². The van der Waals surface area contributed by atoms with E-state index in [1.165, 1.54) is 22.6 Å². The molecular formula is C18H14N2O2S2. The second-order valence-corrected chi connectivity index (χ2v) is 8.08. The molecule has 24 heavy (non-hydrogen) atoms. The molecule has 1 aliphatic heterocycles. The molecule has 4 nitrogen and oxygen atoms in total. The van der Waals surface area contributed by atoms with Crippen molar-refractivity contribution in [1.29, 1.82) is 0 Å². The first-order valence-electron chi connectivity index (χ1n) is 7.93. The number of rotatable bonds is 2. The zero-order valence-corrected chi connectivity index (χ0v) is 14.4. The molecule has 120 valence electrons. The number of fused-ring (bicyclic) bond motifs is 4. The molecule has 3 heterocycles. The Morgan fingerprint density at radius 2 is 2.12 bits per heavy atom. The third-order valence-electron chi connectivity index (χ3n) is 4.36. The average Bonchev–Trinajstić information content (AvgIpc) is 3.28. The van der Waals surface area contributed by atoms with Gasteiger partial charge < -0.3 is 4.74 Å². The van der Waals surface area contributed by atoms with Gasteiger partial charge in [-0.1, -0.05) is 12.1 Å². The lowest BCUT2D eigenvalue weighted by Crippen LogP contribution is -2.10. The smallest absolute Gasteiger partial charge is 0.267 e. The van der Waals surface area contributed by atoms with Gasteiger partial charge in [0.05, 0.1) is 10.6 Å². The summed E-state index contributed by atoms with van der Waals surface area (Å²) in [7, 11) is 0. The van der Waals surface area contributed by atoms with Crippen molar-refractivity contribution in [2.45, 2.75) is 25.9 Å². The fourth-order valence-corrected chi connectivity index (χ4v) is 5.35. The van der Waals surface area contributed by atoms with Gasteiger partial charge in [-0.15, -0.1) is 22.7 Å². The first-order valence-corrected chi connectivity index (χ1v) is 9.56. The molecule has 0 saturated heterocycles. The topological polar surface area (TPSA) is 51.2 Å². The van der Waals surface area contributed by atoms with Crippen LogP contribution in [-0.2, 0) is 19.4 Å². The zero-order valence-electron chi connectivity index (χ0n) is 12.8. The van der Waals surface area contributed by atoms with Crippen molar-refractivity contribution in [2.75, 3.05) is 5.32 Å². The Labute approximate surface area is 147 Å². The third kappa shape index (κ3) is 2.25. The molecule has 0 spiro atoms. The number of thiophene rings is 1. The van der Waals surface area contributed by atoms with E-state index < -0.39 is 0 Å². The summed E-state index contributed by atoms with van der Waals surface area (Å²) in [6.07, 6.45) is 3.30. The Balaban J connectivity index is 1.43. The molecule has 0 atom stereocenters. The molecule has 3 aromatic rings. The van der Waals surface area contributed by atoms with Crippen molar-refractivity contribution in [3.8, 4) is 16.2 Å². The predicted octanol–water partition coefficient (Wildman–Crippen LogP) is 4.51. The highest BCUT2D eigenvalue weighted by molar-refractivity contribution is 7.18. The second-order valence-electron chi connectivity index (χ2n) is 5.95. The molecule has 1 amide bonds. The van der Waals surface area contributed by atoms with Crippen LogP contribution in [0.4, 0.5) is 5.13 Å². The highest BCUT2D eigenvalue weighted by Gasteiger charge is 2.23. The van der Waals surface area contributed by atoms with E-state index in [4.69, 9.17) is 4.74 Å². The molecule has 0 radical (unpaired) electrons. The van der Waals surface area contributed by atoms with Crippen LogP contribution in [0.25, 0.3) is 10.4 Å². The molecule has 6 heteroatoms. The lowest BCUT2D eigenvalue weighted by molar-refractivity contribution is 0.103. The molecule has 0 bridgehead atoms. The number of carbonyl (C=O) groups is 1. The number of para-hydroxylation sites is 1. The molecular weight excluding hydrogens is 340 g/mol. The SMILES string of the molecule is O=C(Nc1nc2c(s1)CCC2)c1cc2c(s1)-c1ccccc1OC2. The van der Waals surface area contributed by atoms with Gasteiger partial charge in [0.2, 0.25) is 0 Å². The van der Waals surface area contributed by atoms with Gasteiger partial charge in [0.1, 0.15) is 12.4 Å². The minimum absolute atomic E-state index is 0.0840.